The summed E-state index contributed by atoms with van der Waals surface area (Å²) in [6.07, 6.45) is 1.71. The van der Waals surface area contributed by atoms with Gasteiger partial charge in [-0.05, 0) is 67.3 Å². The lowest BCUT2D eigenvalue weighted by Gasteiger charge is -2.42. The fourth-order valence-corrected chi connectivity index (χ4v) is 4.99. The predicted molar refractivity (Wildman–Crippen MR) is 123 cm³/mol. The van der Waals surface area contributed by atoms with Crippen LogP contribution in [0.2, 0.25) is 0 Å². The van der Waals surface area contributed by atoms with Crippen LogP contribution >= 0.6 is 0 Å². The zero-order valence-electron chi connectivity index (χ0n) is 18.2. The molecule has 2 aliphatic rings. The lowest BCUT2D eigenvalue weighted by atomic mass is 9.83. The second-order valence-electron chi connectivity index (χ2n) is 8.83. The van der Waals surface area contributed by atoms with E-state index < -0.39 is 5.82 Å². The van der Waals surface area contributed by atoms with Crippen LogP contribution in [-0.4, -0.2) is 35.0 Å². The maximum Gasteiger partial charge on any atom is 0.256 e. The third kappa shape index (κ3) is 4.28. The number of carbonyl (C=O) groups excluding carboxylic acids is 1. The Bertz CT molecular complexity index is 1240. The Labute approximate surface area is 191 Å². The molecule has 1 saturated heterocycles. The maximum absolute atomic E-state index is 14.7. The van der Waals surface area contributed by atoms with Gasteiger partial charge in [-0.15, -0.1) is 0 Å². The molecule has 0 saturated carbocycles. The molecule has 2 N–H and O–H groups in total. The molecule has 170 valence electrons. The summed E-state index contributed by atoms with van der Waals surface area (Å²) in [6.45, 7) is 2.13. The van der Waals surface area contributed by atoms with E-state index in [0.717, 1.165) is 24.1 Å². The zero-order valence-corrected chi connectivity index (χ0v) is 18.2. The first-order valence-corrected chi connectivity index (χ1v) is 11.3. The van der Waals surface area contributed by atoms with E-state index in [-0.39, 0.29) is 28.9 Å². The Kier molecular flexibility index (Phi) is 5.72. The Morgan fingerprint density at radius 2 is 1.82 bits per heavy atom. The summed E-state index contributed by atoms with van der Waals surface area (Å²) in [5.41, 5.74) is 7.64. The number of aromatic nitrogens is 1. The van der Waals surface area contributed by atoms with E-state index in [1.54, 1.807) is 17.0 Å². The molecular weight excluding hydrogens is 421 g/mol. The van der Waals surface area contributed by atoms with Gasteiger partial charge >= 0.3 is 0 Å². The molecule has 3 aromatic rings. The molecule has 6 nitrogen and oxygen atoms in total. The van der Waals surface area contributed by atoms with Gasteiger partial charge in [0.25, 0.3) is 11.5 Å². The number of pyridine rings is 1. The SMILES string of the molecule is NCCc1ccc(Oc2ccc(F)c(C(=O)N3C[C@@H]4C[C@H](C3)c3cccc(=O)n3C4)c2)cc1. The van der Waals surface area contributed by atoms with Crippen molar-refractivity contribution in [3.8, 4) is 11.5 Å². The topological polar surface area (TPSA) is 77.6 Å². The minimum atomic E-state index is -0.571. The average Bonchev–Trinajstić information content (AvgIpc) is 2.82. The molecule has 3 heterocycles. The number of carbonyl (C=O) groups is 1. The van der Waals surface area contributed by atoms with Crippen LogP contribution in [0.3, 0.4) is 0 Å². The van der Waals surface area contributed by atoms with Gasteiger partial charge in [0, 0.05) is 37.3 Å². The van der Waals surface area contributed by atoms with Crippen LogP contribution in [0.4, 0.5) is 4.39 Å². The van der Waals surface area contributed by atoms with E-state index in [9.17, 15) is 14.0 Å². The number of amides is 1. The molecule has 1 amide bonds. The van der Waals surface area contributed by atoms with Crippen LogP contribution in [0.25, 0.3) is 0 Å². The highest BCUT2D eigenvalue weighted by molar-refractivity contribution is 5.95. The first-order chi connectivity index (χ1) is 16.0. The molecule has 2 aliphatic heterocycles. The highest BCUT2D eigenvalue weighted by Crippen LogP contribution is 2.36. The number of benzene rings is 2. The lowest BCUT2D eigenvalue weighted by Crippen LogP contribution is -2.49. The van der Waals surface area contributed by atoms with E-state index in [1.165, 1.54) is 18.2 Å². The van der Waals surface area contributed by atoms with Gasteiger partial charge in [0.1, 0.15) is 17.3 Å². The summed E-state index contributed by atoms with van der Waals surface area (Å²) in [4.78, 5) is 27.2. The predicted octanol–water partition coefficient (Wildman–Crippen LogP) is 3.54. The molecule has 0 radical (unpaired) electrons. The van der Waals surface area contributed by atoms with Crippen LogP contribution < -0.4 is 16.0 Å². The molecule has 33 heavy (non-hydrogen) atoms. The summed E-state index contributed by atoms with van der Waals surface area (Å²) < 4.78 is 22.4. The zero-order chi connectivity index (χ0) is 22.9. The van der Waals surface area contributed by atoms with E-state index in [4.69, 9.17) is 10.5 Å². The third-order valence-corrected chi connectivity index (χ3v) is 6.53. The fourth-order valence-electron chi connectivity index (χ4n) is 4.99. The van der Waals surface area contributed by atoms with Crippen molar-refractivity contribution in [2.75, 3.05) is 19.6 Å². The highest BCUT2D eigenvalue weighted by atomic mass is 19.1. The van der Waals surface area contributed by atoms with E-state index in [1.807, 2.05) is 34.9 Å². The summed E-state index contributed by atoms with van der Waals surface area (Å²) in [6, 6.07) is 17.1. The number of hydrogen-bond donors (Lipinski definition) is 1. The first kappa shape index (κ1) is 21.4. The Morgan fingerprint density at radius 3 is 2.61 bits per heavy atom. The van der Waals surface area contributed by atoms with Crippen molar-refractivity contribution in [3.05, 3.63) is 93.7 Å². The van der Waals surface area contributed by atoms with Gasteiger partial charge in [0.05, 0.1) is 5.56 Å². The summed E-state index contributed by atoms with van der Waals surface area (Å²) in [7, 11) is 0. The standard InChI is InChI=1S/C26H26FN3O3/c27-23-9-8-21(33-20-6-4-17(5-7-20)10-11-28)13-22(23)26(32)29-14-18-12-19(16-29)24-2-1-3-25(31)30(24)15-18/h1-9,13,18-19H,10-12,14-16,28H2/t18-,19+/m0/s1. The second-order valence-corrected chi connectivity index (χ2v) is 8.83. The molecule has 1 aromatic heterocycles. The van der Waals surface area contributed by atoms with Gasteiger partial charge in [0.2, 0.25) is 0 Å². The van der Waals surface area contributed by atoms with Crippen LogP contribution in [0.15, 0.2) is 65.5 Å². The van der Waals surface area contributed by atoms with Crippen LogP contribution in [0.1, 0.15) is 34.0 Å². The number of halogens is 1. The number of nitrogens with zero attached hydrogens (tertiary/aromatic N) is 2. The highest BCUT2D eigenvalue weighted by Gasteiger charge is 2.37. The minimum Gasteiger partial charge on any atom is -0.457 e. The second kappa shape index (κ2) is 8.83. The largest absolute Gasteiger partial charge is 0.457 e. The number of likely N-dealkylation sites (tertiary alicyclic amines) is 1. The Hall–Kier alpha value is -3.45. The van der Waals surface area contributed by atoms with E-state index >= 15 is 0 Å². The molecule has 0 spiro atoms. The molecule has 2 bridgehead atoms. The van der Waals surface area contributed by atoms with Crippen molar-refractivity contribution in [1.29, 1.82) is 0 Å². The number of ether oxygens (including phenoxy) is 1. The van der Waals surface area contributed by atoms with Crippen LogP contribution in [0.5, 0.6) is 11.5 Å². The third-order valence-electron chi connectivity index (χ3n) is 6.53. The molecule has 2 atom stereocenters. The van der Waals surface area contributed by atoms with Crippen LogP contribution in [0, 0.1) is 11.7 Å². The van der Waals surface area contributed by atoms with Crippen molar-refractivity contribution < 1.29 is 13.9 Å². The van der Waals surface area contributed by atoms with Crippen molar-refractivity contribution in [2.24, 2.45) is 11.7 Å². The van der Waals surface area contributed by atoms with E-state index in [2.05, 4.69) is 0 Å². The fraction of sp³-hybridized carbons (Fsp3) is 0.308. The molecule has 0 unspecified atom stereocenters. The quantitative estimate of drug-likeness (QED) is 0.649. The number of fused-ring (bicyclic) bond motifs is 4. The van der Waals surface area contributed by atoms with Crippen molar-refractivity contribution in [2.45, 2.75) is 25.3 Å². The monoisotopic (exact) mass is 447 g/mol. The normalized spacial score (nSPS) is 19.2. The first-order valence-electron chi connectivity index (χ1n) is 11.3. The Morgan fingerprint density at radius 1 is 1.03 bits per heavy atom. The molecule has 0 aliphatic carbocycles. The van der Waals surface area contributed by atoms with Gasteiger partial charge in [0.15, 0.2) is 0 Å². The number of nitrogens with two attached hydrogens (primary N) is 1. The Balaban J connectivity index is 1.35. The molecule has 1 fully saturated rings. The summed E-state index contributed by atoms with van der Waals surface area (Å²) >= 11 is 0. The number of piperidine rings is 1. The number of rotatable bonds is 5. The van der Waals surface area contributed by atoms with Crippen molar-refractivity contribution >= 4 is 5.91 Å². The van der Waals surface area contributed by atoms with E-state index in [0.29, 0.717) is 37.7 Å². The van der Waals surface area contributed by atoms with Gasteiger partial charge in [-0.25, -0.2) is 4.39 Å². The van der Waals surface area contributed by atoms with Gasteiger partial charge in [-0.2, -0.15) is 0 Å². The lowest BCUT2D eigenvalue weighted by molar-refractivity contribution is 0.0589. The smallest absolute Gasteiger partial charge is 0.256 e. The van der Waals surface area contributed by atoms with Crippen molar-refractivity contribution in [3.63, 3.8) is 0 Å². The average molecular weight is 448 g/mol. The molecule has 2 aromatic carbocycles. The van der Waals surface area contributed by atoms with Crippen molar-refractivity contribution in [1.82, 2.24) is 9.47 Å². The van der Waals surface area contributed by atoms with Gasteiger partial charge in [-0.1, -0.05) is 18.2 Å². The molecule has 7 heteroatoms. The maximum atomic E-state index is 14.7. The molecule has 5 rings (SSSR count). The summed E-state index contributed by atoms with van der Waals surface area (Å²) in [5.74, 6) is 0.339. The summed E-state index contributed by atoms with van der Waals surface area (Å²) in [5, 5.41) is 0. The van der Waals surface area contributed by atoms with Crippen LogP contribution in [-0.2, 0) is 13.0 Å². The van der Waals surface area contributed by atoms with Gasteiger partial charge < -0.3 is 19.9 Å². The van der Waals surface area contributed by atoms with Gasteiger partial charge in [-0.3, -0.25) is 9.59 Å². The number of hydrogen-bond acceptors (Lipinski definition) is 4. The molecular formula is C26H26FN3O3. The minimum absolute atomic E-state index is 0.00215.